The fourth-order valence-corrected chi connectivity index (χ4v) is 1.51. The molecule has 0 atom stereocenters. The lowest BCUT2D eigenvalue weighted by Crippen LogP contribution is -2.27. The monoisotopic (exact) mass is 279 g/mol. The zero-order chi connectivity index (χ0) is 14.9. The van der Waals surface area contributed by atoms with Crippen molar-refractivity contribution in [2.75, 3.05) is 5.32 Å². The molecule has 0 aliphatic carbocycles. The standard InChI is InChI=1S/C11H13N5O4/c1-11(2,3)20-10(19)14-7-5-6(9(17)18)15-16-8(5)13-4-12-7/h4H,1-3H3,(H,17,18)(H2,12,13,14,15,16,19). The average Bonchev–Trinajstić information content (AvgIpc) is 2.71. The maximum absolute atomic E-state index is 11.7. The van der Waals surface area contributed by atoms with E-state index < -0.39 is 17.7 Å². The van der Waals surface area contributed by atoms with Crippen LogP contribution in [0.5, 0.6) is 0 Å². The van der Waals surface area contributed by atoms with Gasteiger partial charge in [-0.1, -0.05) is 0 Å². The second-order valence-electron chi connectivity index (χ2n) is 4.95. The van der Waals surface area contributed by atoms with Gasteiger partial charge in [-0.2, -0.15) is 5.10 Å². The van der Waals surface area contributed by atoms with Gasteiger partial charge in [0.05, 0.1) is 5.39 Å². The highest BCUT2D eigenvalue weighted by Gasteiger charge is 2.21. The molecule has 2 aromatic rings. The molecule has 0 fully saturated rings. The summed E-state index contributed by atoms with van der Waals surface area (Å²) in [6.07, 6.45) is 0.427. The highest BCUT2D eigenvalue weighted by molar-refractivity contribution is 6.06. The van der Waals surface area contributed by atoms with Crippen molar-refractivity contribution in [2.24, 2.45) is 0 Å². The molecule has 2 rings (SSSR count). The number of nitrogens with zero attached hydrogens (tertiary/aromatic N) is 3. The number of amides is 1. The second-order valence-corrected chi connectivity index (χ2v) is 4.95. The smallest absolute Gasteiger partial charge is 0.413 e. The number of hydrogen-bond donors (Lipinski definition) is 3. The third-order valence-corrected chi connectivity index (χ3v) is 2.18. The Hall–Kier alpha value is -2.71. The van der Waals surface area contributed by atoms with Crippen LogP contribution >= 0.6 is 0 Å². The minimum Gasteiger partial charge on any atom is -0.477 e. The second kappa shape index (κ2) is 4.76. The van der Waals surface area contributed by atoms with Crippen molar-refractivity contribution in [3.8, 4) is 0 Å². The summed E-state index contributed by atoms with van der Waals surface area (Å²) >= 11 is 0. The molecular weight excluding hydrogens is 266 g/mol. The van der Waals surface area contributed by atoms with Gasteiger partial charge in [-0.15, -0.1) is 0 Å². The van der Waals surface area contributed by atoms with Crippen molar-refractivity contribution in [3.05, 3.63) is 12.0 Å². The third-order valence-electron chi connectivity index (χ3n) is 2.18. The minimum absolute atomic E-state index is 0.0235. The summed E-state index contributed by atoms with van der Waals surface area (Å²) in [7, 11) is 0. The topological polar surface area (TPSA) is 130 Å². The number of anilines is 1. The number of aromatic carboxylic acids is 1. The highest BCUT2D eigenvalue weighted by Crippen LogP contribution is 2.22. The molecule has 0 spiro atoms. The Kier molecular flexibility index (Phi) is 3.26. The lowest BCUT2D eigenvalue weighted by atomic mass is 10.2. The van der Waals surface area contributed by atoms with Crippen LogP contribution in [-0.2, 0) is 4.74 Å². The molecule has 0 saturated heterocycles. The lowest BCUT2D eigenvalue weighted by Gasteiger charge is -2.19. The number of carbonyl (C=O) groups is 2. The van der Waals surface area contributed by atoms with Gasteiger partial charge in [-0.25, -0.2) is 19.6 Å². The van der Waals surface area contributed by atoms with Crippen LogP contribution in [0.3, 0.4) is 0 Å². The number of H-pyrrole nitrogens is 1. The normalized spacial score (nSPS) is 11.3. The van der Waals surface area contributed by atoms with Crippen LogP contribution in [0.25, 0.3) is 11.0 Å². The van der Waals surface area contributed by atoms with Gasteiger partial charge in [0.2, 0.25) is 0 Å². The first kappa shape index (κ1) is 13.7. The van der Waals surface area contributed by atoms with Gasteiger partial charge in [0.15, 0.2) is 17.2 Å². The van der Waals surface area contributed by atoms with Gasteiger partial charge in [-0.3, -0.25) is 10.4 Å². The van der Waals surface area contributed by atoms with Crippen LogP contribution in [-0.4, -0.2) is 42.9 Å². The molecule has 2 aromatic heterocycles. The van der Waals surface area contributed by atoms with E-state index in [9.17, 15) is 9.59 Å². The Balaban J connectivity index is 2.37. The molecule has 1 amide bonds. The Labute approximate surface area is 113 Å². The molecule has 0 aliphatic rings. The van der Waals surface area contributed by atoms with Crippen molar-refractivity contribution in [1.82, 2.24) is 20.2 Å². The van der Waals surface area contributed by atoms with Crippen molar-refractivity contribution in [2.45, 2.75) is 26.4 Å². The Bertz CT molecular complexity index is 673. The highest BCUT2D eigenvalue weighted by atomic mass is 16.6. The van der Waals surface area contributed by atoms with Gasteiger partial charge in [0, 0.05) is 0 Å². The SMILES string of the molecule is CC(C)(C)OC(=O)Nc1ncnc2n[nH]c(C(=O)O)c12. The first-order chi connectivity index (χ1) is 9.28. The molecule has 0 bridgehead atoms. The minimum atomic E-state index is -1.23. The molecule has 20 heavy (non-hydrogen) atoms. The molecule has 9 nitrogen and oxygen atoms in total. The number of rotatable bonds is 2. The predicted octanol–water partition coefficient (Wildman–Crippen LogP) is 1.40. The number of carboxylic acids is 1. The fraction of sp³-hybridized carbons (Fsp3) is 0.364. The van der Waals surface area contributed by atoms with Gasteiger partial charge in [0.1, 0.15) is 11.9 Å². The molecule has 0 aliphatic heterocycles. The van der Waals surface area contributed by atoms with E-state index in [1.807, 2.05) is 0 Å². The lowest BCUT2D eigenvalue weighted by molar-refractivity contribution is 0.0632. The summed E-state index contributed by atoms with van der Waals surface area (Å²) in [5.41, 5.74) is -0.738. The van der Waals surface area contributed by atoms with Crippen LogP contribution in [0.15, 0.2) is 6.33 Å². The molecule has 2 heterocycles. The molecule has 9 heteroatoms. The number of nitrogens with one attached hydrogen (secondary N) is 2. The van der Waals surface area contributed by atoms with Gasteiger partial charge in [-0.05, 0) is 20.8 Å². The van der Waals surface area contributed by atoms with Crippen molar-refractivity contribution < 1.29 is 19.4 Å². The number of aromatic nitrogens is 4. The number of ether oxygens (including phenoxy) is 1. The summed E-state index contributed by atoms with van der Waals surface area (Å²) < 4.78 is 5.08. The quantitative estimate of drug-likeness (QED) is 0.757. The zero-order valence-electron chi connectivity index (χ0n) is 11.1. The maximum Gasteiger partial charge on any atom is 0.413 e. The Morgan fingerprint density at radius 1 is 1.35 bits per heavy atom. The van der Waals surface area contributed by atoms with E-state index in [1.54, 1.807) is 20.8 Å². The maximum atomic E-state index is 11.7. The first-order valence-corrected chi connectivity index (χ1v) is 5.70. The van der Waals surface area contributed by atoms with Crippen LogP contribution in [0.1, 0.15) is 31.3 Å². The molecule has 0 saturated carbocycles. The molecular formula is C11H13N5O4. The summed E-state index contributed by atoms with van der Waals surface area (Å²) in [4.78, 5) is 30.4. The van der Waals surface area contributed by atoms with Crippen molar-refractivity contribution >= 4 is 28.9 Å². The number of carboxylic acid groups (broad SMARTS) is 1. The number of fused-ring (bicyclic) bond motifs is 1. The van der Waals surface area contributed by atoms with Crippen LogP contribution in [0, 0.1) is 0 Å². The van der Waals surface area contributed by atoms with E-state index in [-0.39, 0.29) is 22.5 Å². The van der Waals surface area contributed by atoms with Gasteiger partial charge >= 0.3 is 12.1 Å². The average molecular weight is 279 g/mol. The third kappa shape index (κ3) is 2.82. The van der Waals surface area contributed by atoms with Crippen LogP contribution in [0.4, 0.5) is 10.6 Å². The van der Waals surface area contributed by atoms with Gasteiger partial charge in [0.25, 0.3) is 0 Å². The summed E-state index contributed by atoms with van der Waals surface area (Å²) in [5.74, 6) is -1.20. The molecule has 106 valence electrons. The van der Waals surface area contributed by atoms with E-state index >= 15 is 0 Å². The molecule has 0 radical (unpaired) electrons. The van der Waals surface area contributed by atoms with E-state index in [2.05, 4.69) is 25.5 Å². The predicted molar refractivity (Wildman–Crippen MR) is 68.5 cm³/mol. The number of aromatic amines is 1. The van der Waals surface area contributed by atoms with Crippen LogP contribution < -0.4 is 5.32 Å². The Morgan fingerprint density at radius 3 is 2.65 bits per heavy atom. The van der Waals surface area contributed by atoms with E-state index in [0.29, 0.717) is 0 Å². The van der Waals surface area contributed by atoms with E-state index in [1.165, 1.54) is 6.33 Å². The molecule has 0 unspecified atom stereocenters. The van der Waals surface area contributed by atoms with Crippen molar-refractivity contribution in [1.29, 1.82) is 0 Å². The summed E-state index contributed by atoms with van der Waals surface area (Å²) in [6, 6.07) is 0. The largest absolute Gasteiger partial charge is 0.477 e. The van der Waals surface area contributed by atoms with E-state index in [0.717, 1.165) is 0 Å². The summed E-state index contributed by atoms with van der Waals surface area (Å²) in [5, 5.41) is 17.6. The first-order valence-electron chi connectivity index (χ1n) is 5.70. The number of carbonyl (C=O) groups excluding carboxylic acids is 1. The van der Waals surface area contributed by atoms with Crippen LogP contribution in [0.2, 0.25) is 0 Å². The summed E-state index contributed by atoms with van der Waals surface area (Å²) in [6.45, 7) is 5.13. The zero-order valence-corrected chi connectivity index (χ0v) is 11.1. The fourth-order valence-electron chi connectivity index (χ4n) is 1.51. The number of hydrogen-bond acceptors (Lipinski definition) is 6. The van der Waals surface area contributed by atoms with Gasteiger partial charge < -0.3 is 9.84 Å². The Morgan fingerprint density at radius 2 is 2.05 bits per heavy atom. The molecule has 3 N–H and O–H groups in total. The van der Waals surface area contributed by atoms with Crippen molar-refractivity contribution in [3.63, 3.8) is 0 Å². The molecule has 0 aromatic carbocycles. The van der Waals surface area contributed by atoms with E-state index in [4.69, 9.17) is 9.84 Å².